The van der Waals surface area contributed by atoms with Crippen molar-refractivity contribution in [3.8, 4) is 0 Å². The van der Waals surface area contributed by atoms with Crippen LogP contribution in [0.4, 0.5) is 5.82 Å². The smallest absolute Gasteiger partial charge is 0.272 e. The fraction of sp³-hybridized carbons (Fsp3) is 0.688. The summed E-state index contributed by atoms with van der Waals surface area (Å²) in [5.74, 6) is 0.747. The Kier molecular flexibility index (Phi) is 6.58. The summed E-state index contributed by atoms with van der Waals surface area (Å²) in [5.41, 5.74) is 0.484. The summed E-state index contributed by atoms with van der Waals surface area (Å²) in [5, 5.41) is 3.26. The first-order valence-electron chi connectivity index (χ1n) is 8.32. The van der Waals surface area contributed by atoms with Crippen LogP contribution >= 0.6 is 0 Å². The summed E-state index contributed by atoms with van der Waals surface area (Å²) in [6.45, 7) is 9.68. The Labute approximate surface area is 132 Å². The molecule has 122 valence electrons. The fourth-order valence-corrected chi connectivity index (χ4v) is 2.59. The van der Waals surface area contributed by atoms with Crippen LogP contribution < -0.4 is 5.32 Å². The average molecular weight is 305 g/mol. The molecule has 1 saturated heterocycles. The molecule has 6 heteroatoms. The van der Waals surface area contributed by atoms with E-state index < -0.39 is 0 Å². The molecule has 0 bridgehead atoms. The van der Waals surface area contributed by atoms with Crippen LogP contribution in [0, 0.1) is 0 Å². The van der Waals surface area contributed by atoms with Crippen molar-refractivity contribution < 1.29 is 4.79 Å². The van der Waals surface area contributed by atoms with E-state index in [4.69, 9.17) is 0 Å². The third kappa shape index (κ3) is 4.66. The maximum Gasteiger partial charge on any atom is 0.272 e. The summed E-state index contributed by atoms with van der Waals surface area (Å²) >= 11 is 0. The minimum atomic E-state index is 0.00904. The van der Waals surface area contributed by atoms with E-state index in [2.05, 4.69) is 34.0 Å². The highest BCUT2D eigenvalue weighted by Gasteiger charge is 2.22. The Morgan fingerprint density at radius 3 is 2.64 bits per heavy atom. The fourth-order valence-electron chi connectivity index (χ4n) is 2.59. The molecule has 2 heterocycles. The van der Waals surface area contributed by atoms with Crippen LogP contribution in [-0.4, -0.2) is 64.9 Å². The molecule has 1 aliphatic rings. The predicted octanol–water partition coefficient (Wildman–Crippen LogP) is 1.86. The number of hydrogen-bond acceptors (Lipinski definition) is 5. The van der Waals surface area contributed by atoms with E-state index >= 15 is 0 Å². The number of unbranched alkanes of at least 4 members (excludes halogenated alkanes) is 2. The third-order valence-electron chi connectivity index (χ3n) is 4.08. The maximum atomic E-state index is 12.5. The zero-order valence-electron chi connectivity index (χ0n) is 13.7. The molecule has 0 aromatic carbocycles. The number of amides is 1. The molecular formula is C16H27N5O. The van der Waals surface area contributed by atoms with E-state index in [0.29, 0.717) is 5.69 Å². The first kappa shape index (κ1) is 16.7. The number of piperazine rings is 1. The van der Waals surface area contributed by atoms with Gasteiger partial charge in [0.05, 0.1) is 0 Å². The summed E-state index contributed by atoms with van der Waals surface area (Å²) in [4.78, 5) is 25.1. The molecule has 1 amide bonds. The third-order valence-corrected chi connectivity index (χ3v) is 4.08. The average Bonchev–Trinajstić information content (AvgIpc) is 2.58. The second-order valence-corrected chi connectivity index (χ2v) is 5.65. The normalized spacial score (nSPS) is 15.8. The molecular weight excluding hydrogens is 278 g/mol. The van der Waals surface area contributed by atoms with Crippen molar-refractivity contribution in [1.29, 1.82) is 0 Å². The molecule has 0 spiro atoms. The molecule has 1 aromatic heterocycles. The van der Waals surface area contributed by atoms with Gasteiger partial charge in [-0.3, -0.25) is 4.79 Å². The van der Waals surface area contributed by atoms with Gasteiger partial charge in [0.15, 0.2) is 0 Å². The number of carbonyl (C=O) groups is 1. The molecule has 1 aliphatic heterocycles. The van der Waals surface area contributed by atoms with E-state index in [0.717, 1.165) is 51.5 Å². The molecule has 22 heavy (non-hydrogen) atoms. The van der Waals surface area contributed by atoms with Crippen LogP contribution in [0.15, 0.2) is 12.4 Å². The van der Waals surface area contributed by atoms with E-state index in [1.165, 1.54) is 19.2 Å². The zero-order valence-corrected chi connectivity index (χ0v) is 13.7. The first-order valence-corrected chi connectivity index (χ1v) is 8.32. The lowest BCUT2D eigenvalue weighted by atomic mass is 10.2. The van der Waals surface area contributed by atoms with E-state index in [9.17, 15) is 4.79 Å². The molecule has 1 N–H and O–H groups in total. The molecule has 0 unspecified atom stereocenters. The van der Waals surface area contributed by atoms with E-state index in [1.807, 2.05) is 4.90 Å². The molecule has 2 rings (SSSR count). The van der Waals surface area contributed by atoms with Crippen molar-refractivity contribution in [2.75, 3.05) is 44.6 Å². The van der Waals surface area contributed by atoms with Crippen LogP contribution in [0.2, 0.25) is 0 Å². The molecule has 0 saturated carbocycles. The largest absolute Gasteiger partial charge is 0.370 e. The minimum Gasteiger partial charge on any atom is -0.370 e. The van der Waals surface area contributed by atoms with Gasteiger partial charge in [0.1, 0.15) is 17.8 Å². The van der Waals surface area contributed by atoms with Crippen molar-refractivity contribution in [2.45, 2.75) is 33.1 Å². The van der Waals surface area contributed by atoms with Crippen LogP contribution in [0.3, 0.4) is 0 Å². The summed E-state index contributed by atoms with van der Waals surface area (Å²) in [6, 6.07) is 1.76. The lowest BCUT2D eigenvalue weighted by molar-refractivity contribution is 0.0637. The van der Waals surface area contributed by atoms with Gasteiger partial charge in [-0.15, -0.1) is 0 Å². The first-order chi connectivity index (χ1) is 10.7. The Bertz CT molecular complexity index is 471. The lowest BCUT2D eigenvalue weighted by Gasteiger charge is -2.33. The van der Waals surface area contributed by atoms with Gasteiger partial charge in [-0.25, -0.2) is 9.97 Å². The van der Waals surface area contributed by atoms with Crippen LogP contribution in [0.5, 0.6) is 0 Å². The zero-order chi connectivity index (χ0) is 15.8. The number of hydrogen-bond donors (Lipinski definition) is 1. The number of anilines is 1. The highest BCUT2D eigenvalue weighted by molar-refractivity contribution is 5.93. The van der Waals surface area contributed by atoms with Crippen LogP contribution in [0.25, 0.3) is 0 Å². The van der Waals surface area contributed by atoms with Crippen LogP contribution in [0.1, 0.15) is 43.6 Å². The van der Waals surface area contributed by atoms with Gasteiger partial charge in [-0.05, 0) is 13.0 Å². The van der Waals surface area contributed by atoms with Gasteiger partial charge < -0.3 is 15.1 Å². The molecule has 6 nitrogen and oxygen atoms in total. The van der Waals surface area contributed by atoms with Crippen molar-refractivity contribution in [2.24, 2.45) is 0 Å². The number of rotatable bonds is 7. The molecule has 1 fully saturated rings. The van der Waals surface area contributed by atoms with Crippen LogP contribution in [-0.2, 0) is 0 Å². The van der Waals surface area contributed by atoms with Gasteiger partial charge in [0, 0.05) is 38.8 Å². The number of nitrogens with one attached hydrogen (secondary N) is 1. The van der Waals surface area contributed by atoms with Gasteiger partial charge >= 0.3 is 0 Å². The van der Waals surface area contributed by atoms with Gasteiger partial charge in [-0.1, -0.05) is 26.7 Å². The number of carbonyl (C=O) groups excluding carboxylic acids is 1. The van der Waals surface area contributed by atoms with Gasteiger partial charge in [0.2, 0.25) is 0 Å². The Morgan fingerprint density at radius 1 is 1.18 bits per heavy atom. The molecule has 1 aromatic rings. The van der Waals surface area contributed by atoms with E-state index in [1.54, 1.807) is 6.07 Å². The quantitative estimate of drug-likeness (QED) is 0.779. The summed E-state index contributed by atoms with van der Waals surface area (Å²) in [6.07, 6.45) is 4.98. The summed E-state index contributed by atoms with van der Waals surface area (Å²) < 4.78 is 0. The Hall–Kier alpha value is -1.69. The maximum absolute atomic E-state index is 12.5. The molecule has 0 aliphatic carbocycles. The molecule has 0 radical (unpaired) electrons. The lowest BCUT2D eigenvalue weighted by Crippen LogP contribution is -2.48. The van der Waals surface area contributed by atoms with Crippen molar-refractivity contribution >= 4 is 11.7 Å². The van der Waals surface area contributed by atoms with E-state index in [-0.39, 0.29) is 5.91 Å². The topological polar surface area (TPSA) is 61.4 Å². The highest BCUT2D eigenvalue weighted by atomic mass is 16.2. The number of aromatic nitrogens is 2. The van der Waals surface area contributed by atoms with Crippen molar-refractivity contribution in [1.82, 2.24) is 19.8 Å². The van der Waals surface area contributed by atoms with Crippen molar-refractivity contribution in [3.63, 3.8) is 0 Å². The number of likely N-dealkylation sites (N-methyl/N-ethyl adjacent to an activating group) is 1. The van der Waals surface area contributed by atoms with Crippen molar-refractivity contribution in [3.05, 3.63) is 18.1 Å². The minimum absolute atomic E-state index is 0.00904. The second kappa shape index (κ2) is 8.68. The van der Waals surface area contributed by atoms with Gasteiger partial charge in [0.25, 0.3) is 5.91 Å². The summed E-state index contributed by atoms with van der Waals surface area (Å²) in [7, 11) is 0. The SMILES string of the molecule is CCCCCNc1cc(C(=O)N2CCN(CC)CC2)ncn1. The molecule has 0 atom stereocenters. The second-order valence-electron chi connectivity index (χ2n) is 5.65. The Morgan fingerprint density at radius 2 is 1.95 bits per heavy atom. The number of nitrogens with zero attached hydrogens (tertiary/aromatic N) is 4. The Balaban J connectivity index is 1.90. The van der Waals surface area contributed by atoms with Gasteiger partial charge in [-0.2, -0.15) is 0 Å². The predicted molar refractivity (Wildman–Crippen MR) is 88.1 cm³/mol. The standard InChI is InChI=1S/C16H27N5O/c1-3-5-6-7-17-15-12-14(18-13-19-15)16(22)21-10-8-20(4-2)9-11-21/h12-13H,3-11H2,1-2H3,(H,17,18,19). The monoisotopic (exact) mass is 305 g/mol. The highest BCUT2D eigenvalue weighted by Crippen LogP contribution is 2.10.